The summed E-state index contributed by atoms with van der Waals surface area (Å²) in [5.74, 6) is -0.252. The van der Waals surface area contributed by atoms with E-state index >= 15 is 0 Å². The fraction of sp³-hybridized carbons (Fsp3) is 0.489. The van der Waals surface area contributed by atoms with Gasteiger partial charge in [-0.05, 0) is 86.9 Å². The van der Waals surface area contributed by atoms with Gasteiger partial charge in [-0.1, -0.05) is 61.0 Å². The average Bonchev–Trinajstić information content (AvgIpc) is 3.96. The lowest BCUT2D eigenvalue weighted by molar-refractivity contribution is -0.148. The number of amides is 6. The summed E-state index contributed by atoms with van der Waals surface area (Å²) in [6.45, 7) is 7.00. The van der Waals surface area contributed by atoms with Crippen molar-refractivity contribution in [3.05, 3.63) is 94.5 Å². The predicted molar refractivity (Wildman–Crippen MR) is 236 cm³/mol. The third-order valence-electron chi connectivity index (χ3n) is 12.0. The number of rotatable bonds is 16. The van der Waals surface area contributed by atoms with Crippen molar-refractivity contribution in [1.82, 2.24) is 26.2 Å². The van der Waals surface area contributed by atoms with E-state index in [1.165, 1.54) is 16.7 Å². The molecular formula is C45H56N6O8S2. The lowest BCUT2D eigenvalue weighted by atomic mass is 9.96. The van der Waals surface area contributed by atoms with Crippen LogP contribution in [-0.4, -0.2) is 109 Å². The van der Waals surface area contributed by atoms with Gasteiger partial charge in [0, 0.05) is 34.3 Å². The number of urea groups is 1. The number of aliphatic hydroxyl groups excluding tert-OH is 2. The SMILES string of the molecule is Cc1cc(NC(=O)CCCC[C@@H]2SC[C@@H]3NC(=O)N[C@@H]32)cc(C)c1OCC(=O)N[C@@H](Cc1ccccc1)[C@H](O)C(=O)N1CSC(C)(C)[C@H]1C(=O)N[C@H]1c2ccccc2C[C@H]1O. The van der Waals surface area contributed by atoms with Crippen LogP contribution in [0, 0.1) is 13.8 Å². The number of nitrogens with one attached hydrogen (secondary N) is 5. The van der Waals surface area contributed by atoms with Gasteiger partial charge in [0.15, 0.2) is 12.7 Å². The molecule has 3 fully saturated rings. The van der Waals surface area contributed by atoms with Crippen LogP contribution in [0.5, 0.6) is 5.75 Å². The van der Waals surface area contributed by atoms with Crippen LogP contribution in [-0.2, 0) is 32.0 Å². The Balaban J connectivity index is 0.946. The molecule has 0 aromatic heterocycles. The number of hydrogen-bond donors (Lipinski definition) is 7. The van der Waals surface area contributed by atoms with Crippen LogP contribution in [0.1, 0.15) is 73.4 Å². The Bertz CT molecular complexity index is 2100. The number of thioether (sulfide) groups is 2. The van der Waals surface area contributed by atoms with Crippen molar-refractivity contribution in [3.63, 3.8) is 0 Å². The molecule has 8 atom stereocenters. The molecule has 7 rings (SSSR count). The molecule has 326 valence electrons. The van der Waals surface area contributed by atoms with E-state index in [4.69, 9.17) is 4.74 Å². The van der Waals surface area contributed by atoms with Gasteiger partial charge in [0.25, 0.3) is 11.8 Å². The second-order valence-electron chi connectivity index (χ2n) is 17.0. The van der Waals surface area contributed by atoms with Crippen molar-refractivity contribution in [2.45, 2.75) is 119 Å². The fourth-order valence-corrected chi connectivity index (χ4v) is 11.7. The number of ether oxygens (including phenoxy) is 1. The number of nitrogens with zero attached hydrogens (tertiary/aromatic N) is 1. The van der Waals surface area contributed by atoms with Crippen LogP contribution in [0.4, 0.5) is 10.5 Å². The molecule has 6 amide bonds. The van der Waals surface area contributed by atoms with Gasteiger partial charge in [-0.15, -0.1) is 11.8 Å². The van der Waals surface area contributed by atoms with E-state index in [1.54, 1.807) is 12.1 Å². The smallest absolute Gasteiger partial charge is 0.315 e. The van der Waals surface area contributed by atoms with Gasteiger partial charge in [0.2, 0.25) is 11.8 Å². The predicted octanol–water partition coefficient (Wildman–Crippen LogP) is 3.89. The number of aliphatic hydroxyl groups is 2. The van der Waals surface area contributed by atoms with Gasteiger partial charge in [-0.2, -0.15) is 11.8 Å². The minimum atomic E-state index is -1.70. The molecule has 3 heterocycles. The van der Waals surface area contributed by atoms with Crippen molar-refractivity contribution in [3.8, 4) is 5.75 Å². The zero-order valence-corrected chi connectivity index (χ0v) is 36.6. The van der Waals surface area contributed by atoms with E-state index < -0.39 is 59.4 Å². The number of benzene rings is 3. The van der Waals surface area contributed by atoms with Crippen molar-refractivity contribution in [2.24, 2.45) is 0 Å². The Labute approximate surface area is 365 Å². The molecular weight excluding hydrogens is 817 g/mol. The number of fused-ring (bicyclic) bond motifs is 2. The molecule has 4 aliphatic rings. The average molecular weight is 873 g/mol. The summed E-state index contributed by atoms with van der Waals surface area (Å²) < 4.78 is 5.30. The molecule has 1 aliphatic carbocycles. The van der Waals surface area contributed by atoms with Crippen molar-refractivity contribution < 1.29 is 38.9 Å². The summed E-state index contributed by atoms with van der Waals surface area (Å²) in [5, 5.41) is 37.7. The summed E-state index contributed by atoms with van der Waals surface area (Å²) in [4.78, 5) is 67.6. The minimum absolute atomic E-state index is 0.0985. The van der Waals surface area contributed by atoms with Gasteiger partial charge in [0.1, 0.15) is 11.8 Å². The number of anilines is 1. The molecule has 0 radical (unpaired) electrons. The normalized spacial score (nSPS) is 24.5. The molecule has 14 nitrogen and oxygen atoms in total. The Hall–Kier alpha value is -4.77. The molecule has 3 aromatic carbocycles. The van der Waals surface area contributed by atoms with Gasteiger partial charge in [-0.3, -0.25) is 19.2 Å². The Morgan fingerprint density at radius 1 is 0.984 bits per heavy atom. The van der Waals surface area contributed by atoms with Crippen LogP contribution >= 0.6 is 23.5 Å². The first-order chi connectivity index (χ1) is 29.2. The number of aryl methyl sites for hydroxylation is 2. The molecule has 61 heavy (non-hydrogen) atoms. The maximum absolute atomic E-state index is 14.2. The van der Waals surface area contributed by atoms with Crippen molar-refractivity contribution >= 4 is 58.9 Å². The van der Waals surface area contributed by atoms with Gasteiger partial charge in [0.05, 0.1) is 36.1 Å². The van der Waals surface area contributed by atoms with Crippen LogP contribution in [0.15, 0.2) is 66.7 Å². The third kappa shape index (κ3) is 10.3. The number of carbonyl (C=O) groups excluding carboxylic acids is 5. The van der Waals surface area contributed by atoms with Gasteiger partial charge < -0.3 is 46.4 Å². The maximum Gasteiger partial charge on any atom is 0.315 e. The van der Waals surface area contributed by atoms with E-state index in [-0.39, 0.29) is 36.3 Å². The van der Waals surface area contributed by atoms with Gasteiger partial charge in [-0.25, -0.2) is 4.79 Å². The third-order valence-corrected chi connectivity index (χ3v) is 14.9. The number of unbranched alkanes of at least 4 members (excludes halogenated alkanes) is 1. The highest BCUT2D eigenvalue weighted by Gasteiger charge is 2.51. The second-order valence-corrected chi connectivity index (χ2v) is 19.9. The topological polar surface area (TPSA) is 198 Å². The highest BCUT2D eigenvalue weighted by Crippen LogP contribution is 2.41. The van der Waals surface area contributed by atoms with Crippen LogP contribution in [0.2, 0.25) is 0 Å². The van der Waals surface area contributed by atoms with E-state index in [9.17, 15) is 34.2 Å². The summed E-state index contributed by atoms with van der Waals surface area (Å²) >= 11 is 3.28. The molecule has 3 saturated heterocycles. The Morgan fingerprint density at radius 2 is 1.70 bits per heavy atom. The summed E-state index contributed by atoms with van der Waals surface area (Å²) in [6, 6.07) is 17.9. The molecule has 7 N–H and O–H groups in total. The molecule has 0 saturated carbocycles. The molecule has 16 heteroatoms. The van der Waals surface area contributed by atoms with E-state index in [0.717, 1.165) is 41.7 Å². The van der Waals surface area contributed by atoms with E-state index in [0.29, 0.717) is 40.7 Å². The first kappa shape index (κ1) is 44.3. The lowest BCUT2D eigenvalue weighted by Crippen LogP contribution is -2.59. The highest BCUT2D eigenvalue weighted by molar-refractivity contribution is 8.01. The summed E-state index contributed by atoms with van der Waals surface area (Å²) in [6.07, 6.45) is 0.936. The number of hydrogen-bond acceptors (Lipinski definition) is 10. The largest absolute Gasteiger partial charge is 0.483 e. The van der Waals surface area contributed by atoms with Crippen LogP contribution < -0.4 is 31.3 Å². The summed E-state index contributed by atoms with van der Waals surface area (Å²) in [7, 11) is 0. The first-order valence-corrected chi connectivity index (χ1v) is 23.0. The molecule has 0 bridgehead atoms. The van der Waals surface area contributed by atoms with Crippen LogP contribution in [0.25, 0.3) is 0 Å². The monoisotopic (exact) mass is 872 g/mol. The standard InChI is InChI=1S/C45H56N6O8S2/c1-25-18-29(46-35(53)17-11-10-16-34-38-32(23-60-34)48-44(58)50-38)19-26(2)40(25)59-22-36(54)47-31(20-27-12-6-5-7-13-27)39(55)43(57)51-24-61-45(3,4)41(51)42(56)49-37-30-15-9-8-14-28(30)21-33(37)52/h5-9,12-15,18-19,31-34,37-39,41,52,55H,10-11,16-17,20-24H2,1-4H3,(H,46,53)(H,47,54)(H,49,56)(H2,48,50,58)/t31-,32-,33+,34-,37-,38-,39-,41+/m0/s1. The second kappa shape index (κ2) is 19.1. The minimum Gasteiger partial charge on any atom is -0.483 e. The lowest BCUT2D eigenvalue weighted by Gasteiger charge is -2.34. The zero-order chi connectivity index (χ0) is 43.4. The Kier molecular flexibility index (Phi) is 13.9. The van der Waals surface area contributed by atoms with Crippen LogP contribution in [0.3, 0.4) is 0 Å². The number of carbonyl (C=O) groups is 5. The maximum atomic E-state index is 14.2. The molecule has 3 aliphatic heterocycles. The molecule has 0 unspecified atom stereocenters. The Morgan fingerprint density at radius 3 is 2.46 bits per heavy atom. The first-order valence-electron chi connectivity index (χ1n) is 20.9. The zero-order valence-electron chi connectivity index (χ0n) is 34.9. The summed E-state index contributed by atoms with van der Waals surface area (Å²) in [5.41, 5.74) is 4.62. The molecule has 3 aromatic rings. The van der Waals surface area contributed by atoms with Crippen molar-refractivity contribution in [2.75, 3.05) is 23.6 Å². The van der Waals surface area contributed by atoms with E-state index in [2.05, 4.69) is 26.6 Å². The van der Waals surface area contributed by atoms with Gasteiger partial charge >= 0.3 is 6.03 Å². The van der Waals surface area contributed by atoms with E-state index in [1.807, 2.05) is 94.1 Å². The van der Waals surface area contributed by atoms with Crippen molar-refractivity contribution in [1.29, 1.82) is 0 Å². The fourth-order valence-electron chi connectivity index (χ4n) is 8.98. The highest BCUT2D eigenvalue weighted by atomic mass is 32.2. The molecule has 0 spiro atoms. The quantitative estimate of drug-likeness (QED) is 0.0820.